The van der Waals surface area contributed by atoms with Crippen LogP contribution in [0.3, 0.4) is 0 Å². The van der Waals surface area contributed by atoms with Gasteiger partial charge < -0.3 is 37.3 Å². The molecule has 96 valence electrons. The van der Waals surface area contributed by atoms with Crippen LogP contribution in [0, 0.1) is 0 Å². The second-order valence-electron chi connectivity index (χ2n) is 2.03. The Morgan fingerprint density at radius 3 is 1.35 bits per heavy atom. The van der Waals surface area contributed by atoms with Gasteiger partial charge in [-0.2, -0.15) is 0 Å². The van der Waals surface area contributed by atoms with Crippen molar-refractivity contribution >= 4 is 57.8 Å². The fraction of sp³-hybridized carbons (Fsp3) is 0. The molecule has 2 aliphatic heterocycles. The number of rotatable bonds is 4. The van der Waals surface area contributed by atoms with Crippen molar-refractivity contribution < 1.29 is 50.7 Å². The molecule has 6 N–H and O–H groups in total. The van der Waals surface area contributed by atoms with E-state index >= 15 is 0 Å². The first-order chi connectivity index (χ1) is 6.63. The average Bonchev–Trinajstić information content (AvgIpc) is 1.98. The van der Waals surface area contributed by atoms with Crippen LogP contribution in [-0.2, 0) is 34.3 Å². The zero-order chi connectivity index (χ0) is 10.1. The van der Waals surface area contributed by atoms with Crippen LogP contribution >= 0.6 is 0 Å². The maximum atomic E-state index is 11.0. The lowest BCUT2D eigenvalue weighted by atomic mass is 15.6. The van der Waals surface area contributed by atoms with E-state index in [-0.39, 0.29) is 16.4 Å². The minimum Gasteiger partial charge on any atom is -0.590 e. The molecule has 0 unspecified atom stereocenters. The Bertz CT molecular complexity index is 258. The summed E-state index contributed by atoms with van der Waals surface area (Å²) < 4.78 is 59.0. The molecule has 17 heavy (non-hydrogen) atoms. The van der Waals surface area contributed by atoms with Crippen molar-refractivity contribution in [1.82, 2.24) is 0 Å². The first kappa shape index (κ1) is 19.1. The van der Waals surface area contributed by atoms with Gasteiger partial charge in [0.05, 0.1) is 0 Å². The third-order valence-corrected chi connectivity index (χ3v) is 10.4. The Kier molecular flexibility index (Phi) is 9.00. The Balaban J connectivity index is 0. The van der Waals surface area contributed by atoms with Crippen molar-refractivity contribution in [3.8, 4) is 0 Å². The summed E-state index contributed by atoms with van der Waals surface area (Å²) in [4.78, 5) is 0. The van der Waals surface area contributed by atoms with Crippen LogP contribution in [0.5, 0.6) is 0 Å². The molecule has 12 nitrogen and oxygen atoms in total. The molecule has 0 aromatic carbocycles. The molecule has 0 bridgehead atoms. The molecule has 0 saturated carbocycles. The zero-order valence-corrected chi connectivity index (χ0v) is 13.1. The van der Waals surface area contributed by atoms with Gasteiger partial charge >= 0.3 is 57.8 Å². The van der Waals surface area contributed by atoms with Crippen LogP contribution in [0.1, 0.15) is 0 Å². The van der Waals surface area contributed by atoms with E-state index in [1.165, 1.54) is 0 Å². The zero-order valence-electron chi connectivity index (χ0n) is 7.83. The Hall–Kier alpha value is -0.204. The molecular weight excluding hydrogens is 330 g/mol. The van der Waals surface area contributed by atoms with E-state index in [2.05, 4.69) is 20.9 Å². The van der Waals surface area contributed by atoms with E-state index in [9.17, 15) is 13.4 Å². The number of hydrogen-bond donors (Lipinski definition) is 0. The first-order valence-corrected chi connectivity index (χ1v) is 9.75. The van der Waals surface area contributed by atoms with Gasteiger partial charge in [-0.3, -0.25) is 13.4 Å². The molecule has 0 spiro atoms. The van der Waals surface area contributed by atoms with Crippen LogP contribution < -0.4 is 0 Å². The standard InChI is InChI=1S/2Al.3O3Si.3H2O/c;;3*1-4(2)3;;;/h;;;;;3*1H2/q2*+3;3*-2;;;. The second kappa shape index (κ2) is 8.00. The molecule has 2 saturated heterocycles. The van der Waals surface area contributed by atoms with Gasteiger partial charge in [0.2, 0.25) is 0 Å². The maximum absolute atomic E-state index is 11.0. The van der Waals surface area contributed by atoms with Crippen molar-refractivity contribution in [1.29, 1.82) is 0 Å². The van der Waals surface area contributed by atoms with Crippen LogP contribution in [0.25, 0.3) is 0 Å². The topological polar surface area (TPSA) is 201 Å². The number of hydrogen-bond acceptors (Lipinski definition) is 9. The van der Waals surface area contributed by atoms with Crippen LogP contribution in [-0.4, -0.2) is 74.2 Å². The highest BCUT2D eigenvalue weighted by molar-refractivity contribution is 6.69. The molecule has 17 heteroatoms. The Morgan fingerprint density at radius 2 is 1.12 bits per heavy atom. The Morgan fingerprint density at radius 1 is 0.824 bits per heavy atom. The van der Waals surface area contributed by atoms with E-state index in [0.717, 1.165) is 0 Å². The summed E-state index contributed by atoms with van der Waals surface area (Å²) in [5, 5.41) is 0. The highest BCUT2D eigenvalue weighted by atomic mass is 28.3. The molecule has 0 aromatic heterocycles. The largest absolute Gasteiger partial charge is 1.16 e. The van der Waals surface area contributed by atoms with Gasteiger partial charge in [-0.25, -0.2) is 0 Å². The smallest absolute Gasteiger partial charge is 0.590 e. The van der Waals surface area contributed by atoms with Crippen molar-refractivity contribution in [2.45, 2.75) is 0 Å². The van der Waals surface area contributed by atoms with Crippen LogP contribution in [0.2, 0.25) is 0 Å². The maximum Gasteiger partial charge on any atom is 1.16 e. The summed E-state index contributed by atoms with van der Waals surface area (Å²) in [6, 6.07) is 0. The lowest BCUT2D eigenvalue weighted by Gasteiger charge is -2.22. The SMILES string of the molecule is O.O.O.O=[Si]1[O][Al]([O][Si](=O)[O][Al]2[O][Si](=O)[O]2)[O]1. The predicted octanol–water partition coefficient (Wildman–Crippen LogP) is -5.14. The lowest BCUT2D eigenvalue weighted by molar-refractivity contribution is 0.133. The van der Waals surface area contributed by atoms with Crippen molar-refractivity contribution in [3.05, 3.63) is 0 Å². The summed E-state index contributed by atoms with van der Waals surface area (Å²) in [5.74, 6) is 0. The first-order valence-electron chi connectivity index (χ1n) is 3.25. The Labute approximate surface area is 108 Å². The quantitative estimate of drug-likeness (QED) is 0.450. The molecule has 0 aliphatic carbocycles. The fourth-order valence-corrected chi connectivity index (χ4v) is 7.75. The predicted molar refractivity (Wildman–Crippen MR) is 48.2 cm³/mol. The third-order valence-electron chi connectivity index (χ3n) is 1.15. The monoisotopic (exact) mass is 336 g/mol. The normalized spacial score (nSPS) is 14.6. The molecule has 0 amide bonds. The van der Waals surface area contributed by atoms with Crippen molar-refractivity contribution in [2.24, 2.45) is 0 Å². The summed E-state index contributed by atoms with van der Waals surface area (Å²) in [6.45, 7) is 0. The lowest BCUT2D eigenvalue weighted by Crippen LogP contribution is -2.51. The molecule has 0 radical (unpaired) electrons. The van der Waals surface area contributed by atoms with E-state index in [0.29, 0.717) is 0 Å². The summed E-state index contributed by atoms with van der Waals surface area (Å²) >= 11 is -4.99. The fourth-order valence-electron chi connectivity index (χ4n) is 0.613. The van der Waals surface area contributed by atoms with Gasteiger partial charge in [0.1, 0.15) is 0 Å². The molecular formula is H6Al2O12Si3. The molecule has 0 aromatic rings. The highest BCUT2D eigenvalue weighted by Crippen LogP contribution is 2.07. The van der Waals surface area contributed by atoms with Gasteiger partial charge in [0, 0.05) is 0 Å². The van der Waals surface area contributed by atoms with E-state index in [1.54, 1.807) is 0 Å². The summed E-state index contributed by atoms with van der Waals surface area (Å²) in [5.41, 5.74) is 0. The summed E-state index contributed by atoms with van der Waals surface area (Å²) in [7, 11) is -7.63. The second-order valence-corrected chi connectivity index (χ2v) is 10.3. The van der Waals surface area contributed by atoms with Gasteiger partial charge in [0.15, 0.2) is 0 Å². The minimum atomic E-state index is -2.83. The minimum absolute atomic E-state index is 0. The molecule has 2 aliphatic rings. The molecule has 2 fully saturated rings. The van der Waals surface area contributed by atoms with Gasteiger partial charge in [-0.1, -0.05) is 0 Å². The van der Waals surface area contributed by atoms with Crippen LogP contribution in [0.4, 0.5) is 0 Å². The van der Waals surface area contributed by atoms with Gasteiger partial charge in [-0.15, -0.1) is 0 Å². The van der Waals surface area contributed by atoms with Crippen molar-refractivity contribution in [3.63, 3.8) is 0 Å². The third kappa shape index (κ3) is 5.31. The van der Waals surface area contributed by atoms with Gasteiger partial charge in [-0.05, 0) is 0 Å². The molecule has 2 heterocycles. The molecule has 0 atom stereocenters. The highest BCUT2D eigenvalue weighted by Gasteiger charge is 2.62. The average molecular weight is 336 g/mol. The van der Waals surface area contributed by atoms with Crippen LogP contribution in [0.15, 0.2) is 0 Å². The van der Waals surface area contributed by atoms with E-state index < -0.39 is 57.8 Å². The van der Waals surface area contributed by atoms with E-state index in [1.807, 2.05) is 0 Å². The van der Waals surface area contributed by atoms with E-state index in [4.69, 9.17) is 0 Å². The summed E-state index contributed by atoms with van der Waals surface area (Å²) in [6.07, 6.45) is 0. The molecule has 2 rings (SSSR count). The van der Waals surface area contributed by atoms with Crippen molar-refractivity contribution in [2.75, 3.05) is 0 Å². The van der Waals surface area contributed by atoms with Gasteiger partial charge in [0.25, 0.3) is 0 Å².